The van der Waals surface area contributed by atoms with Gasteiger partial charge in [-0.1, -0.05) is 42.8 Å². The molecule has 2 atom stereocenters. The highest BCUT2D eigenvalue weighted by Crippen LogP contribution is 2.24. The summed E-state index contributed by atoms with van der Waals surface area (Å²) < 4.78 is 23.8. The SMILES string of the molecule is CCc1csc([C@H](Cc2ccc(NS(=O)[O-])cc2)NC(=O)Cc2cccc(Cl)c2)n1. The number of thiazole rings is 1. The molecule has 158 valence electrons. The summed E-state index contributed by atoms with van der Waals surface area (Å²) in [5.41, 5.74) is 3.27. The lowest BCUT2D eigenvalue weighted by Crippen LogP contribution is -2.31. The van der Waals surface area contributed by atoms with Crippen LogP contribution in [0.1, 0.15) is 34.8 Å². The van der Waals surface area contributed by atoms with Gasteiger partial charge in [-0.15, -0.1) is 11.3 Å². The van der Waals surface area contributed by atoms with Gasteiger partial charge in [-0.05, 0) is 48.2 Å². The molecular weight excluding hydrogens is 442 g/mol. The topological polar surface area (TPSA) is 94.1 Å². The highest BCUT2D eigenvalue weighted by molar-refractivity contribution is 7.80. The van der Waals surface area contributed by atoms with Crippen molar-refractivity contribution in [2.75, 3.05) is 4.72 Å². The van der Waals surface area contributed by atoms with Crippen LogP contribution >= 0.6 is 22.9 Å². The fraction of sp³-hybridized carbons (Fsp3) is 0.238. The van der Waals surface area contributed by atoms with Gasteiger partial charge in [0.2, 0.25) is 5.91 Å². The number of hydrogen-bond acceptors (Lipinski definition) is 5. The Morgan fingerprint density at radius 3 is 2.63 bits per heavy atom. The third-order valence-electron chi connectivity index (χ3n) is 4.41. The molecule has 3 rings (SSSR count). The van der Waals surface area contributed by atoms with Crippen molar-refractivity contribution in [1.29, 1.82) is 0 Å². The minimum absolute atomic E-state index is 0.115. The molecule has 0 aliphatic carbocycles. The molecule has 6 nitrogen and oxygen atoms in total. The fourth-order valence-corrected chi connectivity index (χ4v) is 4.46. The third kappa shape index (κ3) is 6.63. The minimum atomic E-state index is -2.37. The molecule has 2 aromatic carbocycles. The highest BCUT2D eigenvalue weighted by Gasteiger charge is 2.19. The van der Waals surface area contributed by atoms with Gasteiger partial charge in [0, 0.05) is 27.4 Å². The van der Waals surface area contributed by atoms with Crippen molar-refractivity contribution < 1.29 is 13.6 Å². The van der Waals surface area contributed by atoms with Gasteiger partial charge in [-0.25, -0.2) is 4.98 Å². The molecule has 0 bridgehead atoms. The molecule has 1 aromatic heterocycles. The Morgan fingerprint density at radius 2 is 2.00 bits per heavy atom. The second-order valence-corrected chi connectivity index (χ2v) is 8.69. The largest absolute Gasteiger partial charge is 0.755 e. The van der Waals surface area contributed by atoms with Gasteiger partial charge in [-0.3, -0.25) is 9.00 Å². The van der Waals surface area contributed by atoms with Gasteiger partial charge in [0.15, 0.2) is 0 Å². The Bertz CT molecular complexity index is 1020. The Kier molecular flexibility index (Phi) is 7.98. The van der Waals surface area contributed by atoms with Crippen molar-refractivity contribution in [3.05, 3.63) is 80.8 Å². The van der Waals surface area contributed by atoms with E-state index in [1.54, 1.807) is 24.3 Å². The molecule has 0 spiro atoms. The molecule has 0 saturated carbocycles. The summed E-state index contributed by atoms with van der Waals surface area (Å²) in [6, 6.07) is 14.0. The summed E-state index contributed by atoms with van der Waals surface area (Å²) in [6.45, 7) is 2.04. The summed E-state index contributed by atoms with van der Waals surface area (Å²) in [4.78, 5) is 17.3. The second-order valence-electron chi connectivity index (χ2n) is 6.70. The molecule has 1 unspecified atom stereocenters. The van der Waals surface area contributed by atoms with E-state index in [2.05, 4.69) is 15.0 Å². The Morgan fingerprint density at radius 1 is 1.23 bits per heavy atom. The number of amides is 1. The van der Waals surface area contributed by atoms with Crippen molar-refractivity contribution in [3.63, 3.8) is 0 Å². The van der Waals surface area contributed by atoms with Crippen LogP contribution in [-0.2, 0) is 35.3 Å². The van der Waals surface area contributed by atoms with E-state index in [0.717, 1.165) is 28.2 Å². The number of halogens is 1. The van der Waals surface area contributed by atoms with E-state index in [1.807, 2.05) is 36.6 Å². The van der Waals surface area contributed by atoms with Gasteiger partial charge in [0.1, 0.15) is 5.01 Å². The molecule has 3 aromatic rings. The number of carbonyl (C=O) groups excluding carboxylic acids is 1. The standard InChI is InChI=1S/C21H22ClN3O3S2/c1-2-17-13-29-21(23-17)19(11-14-6-8-18(9-7-14)25-30(27)28)24-20(26)12-15-4-3-5-16(22)10-15/h3-10,13,19,25H,2,11-12H2,1H3,(H,24,26)(H,27,28)/p-1/t19-/m0/s1. The number of benzene rings is 2. The fourth-order valence-electron chi connectivity index (χ4n) is 2.96. The second kappa shape index (κ2) is 10.7. The number of aryl methyl sites for hydroxylation is 1. The lowest BCUT2D eigenvalue weighted by molar-refractivity contribution is -0.121. The lowest BCUT2D eigenvalue weighted by atomic mass is 10.0. The molecule has 30 heavy (non-hydrogen) atoms. The van der Waals surface area contributed by atoms with Crippen LogP contribution < -0.4 is 10.0 Å². The maximum Gasteiger partial charge on any atom is 0.224 e. The smallest absolute Gasteiger partial charge is 0.224 e. The van der Waals surface area contributed by atoms with E-state index < -0.39 is 11.3 Å². The molecule has 0 radical (unpaired) electrons. The summed E-state index contributed by atoms with van der Waals surface area (Å²) in [5.74, 6) is -0.115. The van der Waals surface area contributed by atoms with E-state index >= 15 is 0 Å². The maximum atomic E-state index is 12.7. The first-order chi connectivity index (χ1) is 14.4. The van der Waals surface area contributed by atoms with Gasteiger partial charge in [-0.2, -0.15) is 0 Å². The Balaban J connectivity index is 1.74. The van der Waals surface area contributed by atoms with Crippen LogP contribution in [0.2, 0.25) is 5.02 Å². The lowest BCUT2D eigenvalue weighted by Gasteiger charge is -2.17. The van der Waals surface area contributed by atoms with Crippen molar-refractivity contribution in [1.82, 2.24) is 10.3 Å². The summed E-state index contributed by atoms with van der Waals surface area (Å²) in [6.07, 6.45) is 1.59. The average molecular weight is 463 g/mol. The highest BCUT2D eigenvalue weighted by atomic mass is 35.5. The number of aromatic nitrogens is 1. The van der Waals surface area contributed by atoms with E-state index in [-0.39, 0.29) is 18.4 Å². The van der Waals surface area contributed by atoms with Crippen molar-refractivity contribution in [2.45, 2.75) is 32.2 Å². The Hall–Kier alpha value is -2.26. The van der Waals surface area contributed by atoms with Gasteiger partial charge >= 0.3 is 0 Å². The number of carbonyl (C=O) groups is 1. The quantitative estimate of drug-likeness (QED) is 0.466. The molecule has 0 fully saturated rings. The summed E-state index contributed by atoms with van der Waals surface area (Å²) in [5, 5.41) is 6.52. The van der Waals surface area contributed by atoms with E-state index in [4.69, 9.17) is 11.6 Å². The van der Waals surface area contributed by atoms with E-state index in [9.17, 15) is 13.6 Å². The predicted molar refractivity (Wildman–Crippen MR) is 120 cm³/mol. The van der Waals surface area contributed by atoms with Gasteiger partial charge in [0.05, 0.1) is 18.2 Å². The molecule has 2 N–H and O–H groups in total. The number of nitrogens with one attached hydrogen (secondary N) is 2. The van der Waals surface area contributed by atoms with Crippen LogP contribution in [0.4, 0.5) is 5.69 Å². The summed E-state index contributed by atoms with van der Waals surface area (Å²) in [7, 11) is 0. The van der Waals surface area contributed by atoms with Crippen molar-refractivity contribution >= 4 is 45.8 Å². The number of anilines is 1. The zero-order valence-corrected chi connectivity index (χ0v) is 18.7. The zero-order chi connectivity index (χ0) is 21.5. The molecule has 0 aliphatic heterocycles. The van der Waals surface area contributed by atoms with Crippen LogP contribution in [0.15, 0.2) is 53.9 Å². The van der Waals surface area contributed by atoms with Crippen LogP contribution in [0, 0.1) is 0 Å². The third-order valence-corrected chi connectivity index (χ3v) is 6.06. The van der Waals surface area contributed by atoms with Crippen LogP contribution in [-0.4, -0.2) is 19.7 Å². The van der Waals surface area contributed by atoms with Crippen LogP contribution in [0.5, 0.6) is 0 Å². The summed E-state index contributed by atoms with van der Waals surface area (Å²) >= 11 is 5.17. The monoisotopic (exact) mass is 462 g/mol. The van der Waals surface area contributed by atoms with Gasteiger partial charge < -0.3 is 14.6 Å². The van der Waals surface area contributed by atoms with Crippen LogP contribution in [0.25, 0.3) is 0 Å². The number of hydrogen-bond donors (Lipinski definition) is 2. The average Bonchev–Trinajstić information content (AvgIpc) is 3.18. The first kappa shape index (κ1) is 22.4. The maximum absolute atomic E-state index is 12.7. The number of nitrogens with zero attached hydrogens (tertiary/aromatic N) is 1. The molecule has 1 amide bonds. The first-order valence-corrected chi connectivity index (χ1v) is 11.7. The van der Waals surface area contributed by atoms with Crippen molar-refractivity contribution in [3.8, 4) is 0 Å². The zero-order valence-electron chi connectivity index (χ0n) is 16.3. The normalized spacial score (nSPS) is 12.9. The molecule has 1 heterocycles. The molecular formula is C21H21ClN3O3S2-. The van der Waals surface area contributed by atoms with Gasteiger partial charge in [0.25, 0.3) is 0 Å². The van der Waals surface area contributed by atoms with Crippen molar-refractivity contribution in [2.24, 2.45) is 0 Å². The Labute approximate surface area is 187 Å². The number of rotatable bonds is 9. The van der Waals surface area contributed by atoms with Crippen LogP contribution in [0.3, 0.4) is 0 Å². The van der Waals surface area contributed by atoms with E-state index in [0.29, 0.717) is 17.1 Å². The first-order valence-electron chi connectivity index (χ1n) is 9.36. The predicted octanol–water partition coefficient (Wildman–Crippen LogP) is 4.21. The molecule has 9 heteroatoms. The minimum Gasteiger partial charge on any atom is -0.755 e. The molecule has 0 saturated heterocycles. The van der Waals surface area contributed by atoms with E-state index in [1.165, 1.54) is 11.3 Å². The molecule has 0 aliphatic rings.